The third-order valence-corrected chi connectivity index (χ3v) is 5.90. The van der Waals surface area contributed by atoms with Crippen LogP contribution in [-0.4, -0.2) is 62.1 Å². The Hall–Kier alpha value is -0.950. The second-order valence-corrected chi connectivity index (χ2v) is 7.74. The van der Waals surface area contributed by atoms with Crippen LogP contribution in [0.3, 0.4) is 0 Å². The van der Waals surface area contributed by atoms with Crippen LogP contribution in [0.4, 0.5) is 0 Å². The number of hydrogen-bond donors (Lipinski definition) is 1. The van der Waals surface area contributed by atoms with E-state index in [1.807, 2.05) is 30.3 Å². The summed E-state index contributed by atoms with van der Waals surface area (Å²) < 4.78 is 26.5. The molecule has 0 amide bonds. The van der Waals surface area contributed by atoms with E-state index in [1.165, 1.54) is 0 Å². The monoisotopic (exact) mass is 326 g/mol. The van der Waals surface area contributed by atoms with Crippen molar-refractivity contribution in [2.45, 2.75) is 25.0 Å². The van der Waals surface area contributed by atoms with Gasteiger partial charge in [0.05, 0.1) is 5.75 Å². The van der Waals surface area contributed by atoms with Gasteiger partial charge in [-0.15, -0.1) is 0 Å². The van der Waals surface area contributed by atoms with Crippen molar-refractivity contribution in [1.82, 2.24) is 9.21 Å². The SMILES string of the molecule is O=S(=O)(Cc1ccccc1)N1CCN(CCCCCO)CC1. The molecule has 1 saturated heterocycles. The fourth-order valence-corrected chi connectivity index (χ4v) is 4.25. The summed E-state index contributed by atoms with van der Waals surface area (Å²) in [6.07, 6.45) is 2.95. The van der Waals surface area contributed by atoms with Gasteiger partial charge in [-0.3, -0.25) is 0 Å². The molecule has 0 saturated carbocycles. The van der Waals surface area contributed by atoms with Gasteiger partial charge in [0, 0.05) is 32.8 Å². The topological polar surface area (TPSA) is 60.9 Å². The first-order valence-corrected chi connectivity index (χ1v) is 9.58. The van der Waals surface area contributed by atoms with E-state index in [2.05, 4.69) is 4.90 Å². The molecule has 6 heteroatoms. The Kier molecular flexibility index (Phi) is 6.82. The van der Waals surface area contributed by atoms with E-state index in [4.69, 9.17) is 5.11 Å². The zero-order valence-corrected chi connectivity index (χ0v) is 13.8. The lowest BCUT2D eigenvalue weighted by Crippen LogP contribution is -2.49. The van der Waals surface area contributed by atoms with Crippen molar-refractivity contribution in [3.05, 3.63) is 35.9 Å². The van der Waals surface area contributed by atoms with Crippen LogP contribution in [0.5, 0.6) is 0 Å². The van der Waals surface area contributed by atoms with Gasteiger partial charge < -0.3 is 10.0 Å². The van der Waals surface area contributed by atoms with Crippen molar-refractivity contribution >= 4 is 10.0 Å². The summed E-state index contributed by atoms with van der Waals surface area (Å²) in [7, 11) is -3.22. The normalized spacial score (nSPS) is 17.7. The minimum absolute atomic E-state index is 0.0876. The molecular weight excluding hydrogens is 300 g/mol. The van der Waals surface area contributed by atoms with Crippen molar-refractivity contribution in [2.24, 2.45) is 0 Å². The molecule has 1 aromatic rings. The Bertz CT molecular complexity index is 526. The molecule has 0 spiro atoms. The Morgan fingerprint density at radius 1 is 0.955 bits per heavy atom. The molecule has 0 aromatic heterocycles. The van der Waals surface area contributed by atoms with E-state index in [0.29, 0.717) is 13.1 Å². The molecule has 1 N–H and O–H groups in total. The van der Waals surface area contributed by atoms with Crippen LogP contribution in [0.1, 0.15) is 24.8 Å². The van der Waals surface area contributed by atoms with Crippen molar-refractivity contribution < 1.29 is 13.5 Å². The van der Waals surface area contributed by atoms with Gasteiger partial charge in [0.25, 0.3) is 0 Å². The molecule has 124 valence electrons. The van der Waals surface area contributed by atoms with Crippen LogP contribution in [0.2, 0.25) is 0 Å². The summed E-state index contributed by atoms with van der Waals surface area (Å²) in [5, 5.41) is 8.76. The number of piperazine rings is 1. The van der Waals surface area contributed by atoms with Crippen LogP contribution in [0.25, 0.3) is 0 Å². The van der Waals surface area contributed by atoms with Crippen LogP contribution in [0.15, 0.2) is 30.3 Å². The Labute approximate surface area is 133 Å². The predicted octanol–water partition coefficient (Wildman–Crippen LogP) is 1.30. The van der Waals surface area contributed by atoms with Gasteiger partial charge in [-0.05, 0) is 31.4 Å². The zero-order valence-electron chi connectivity index (χ0n) is 13.0. The number of hydrogen-bond acceptors (Lipinski definition) is 4. The molecule has 0 radical (unpaired) electrons. The summed E-state index contributed by atoms with van der Waals surface area (Å²) in [6.45, 7) is 4.00. The molecule has 1 fully saturated rings. The van der Waals surface area contributed by atoms with Crippen LogP contribution in [0, 0.1) is 0 Å². The maximum atomic E-state index is 12.4. The number of benzene rings is 1. The second kappa shape index (κ2) is 8.62. The van der Waals surface area contributed by atoms with Gasteiger partial charge in [0.1, 0.15) is 0 Å². The maximum Gasteiger partial charge on any atom is 0.218 e. The number of aliphatic hydroxyl groups excluding tert-OH is 1. The highest BCUT2D eigenvalue weighted by Crippen LogP contribution is 2.14. The number of nitrogens with zero attached hydrogens (tertiary/aromatic N) is 2. The van der Waals surface area contributed by atoms with Crippen molar-refractivity contribution in [3.8, 4) is 0 Å². The molecule has 1 aliphatic rings. The van der Waals surface area contributed by atoms with Crippen molar-refractivity contribution in [3.63, 3.8) is 0 Å². The van der Waals surface area contributed by atoms with Crippen molar-refractivity contribution in [1.29, 1.82) is 0 Å². The van der Waals surface area contributed by atoms with E-state index in [-0.39, 0.29) is 12.4 Å². The molecule has 0 unspecified atom stereocenters. The van der Waals surface area contributed by atoms with Gasteiger partial charge in [-0.2, -0.15) is 4.31 Å². The average Bonchev–Trinajstić information content (AvgIpc) is 2.53. The van der Waals surface area contributed by atoms with Gasteiger partial charge in [-0.25, -0.2) is 8.42 Å². The molecule has 0 aliphatic carbocycles. The molecule has 0 bridgehead atoms. The lowest BCUT2D eigenvalue weighted by Gasteiger charge is -2.34. The fourth-order valence-electron chi connectivity index (χ4n) is 2.73. The van der Waals surface area contributed by atoms with Gasteiger partial charge in [-0.1, -0.05) is 30.3 Å². The fraction of sp³-hybridized carbons (Fsp3) is 0.625. The number of sulfonamides is 1. The molecule has 22 heavy (non-hydrogen) atoms. The number of aliphatic hydroxyl groups is 1. The minimum Gasteiger partial charge on any atom is -0.396 e. The Morgan fingerprint density at radius 3 is 2.27 bits per heavy atom. The van der Waals surface area contributed by atoms with Crippen molar-refractivity contribution in [2.75, 3.05) is 39.3 Å². The summed E-state index contributed by atoms with van der Waals surface area (Å²) in [4.78, 5) is 2.31. The molecule has 1 aromatic carbocycles. The maximum absolute atomic E-state index is 12.4. The Morgan fingerprint density at radius 2 is 1.64 bits per heavy atom. The second-order valence-electron chi connectivity index (χ2n) is 5.77. The van der Waals surface area contributed by atoms with Crippen LogP contribution >= 0.6 is 0 Å². The molecule has 5 nitrogen and oxygen atoms in total. The zero-order chi connectivity index (χ0) is 15.8. The first-order chi connectivity index (χ1) is 10.6. The largest absolute Gasteiger partial charge is 0.396 e. The van der Waals surface area contributed by atoms with E-state index in [9.17, 15) is 8.42 Å². The molecule has 0 atom stereocenters. The standard InChI is InChI=1S/C16H26N2O3S/c19-14-6-2-5-9-17-10-12-18(13-11-17)22(20,21)15-16-7-3-1-4-8-16/h1,3-4,7-8,19H,2,5-6,9-15H2. The quantitative estimate of drug-likeness (QED) is 0.732. The number of rotatable bonds is 8. The van der Waals surface area contributed by atoms with Crippen LogP contribution < -0.4 is 0 Å². The molecular formula is C16H26N2O3S. The summed E-state index contributed by atoms with van der Waals surface area (Å²) in [5.41, 5.74) is 0.842. The summed E-state index contributed by atoms with van der Waals surface area (Å²) in [6, 6.07) is 9.35. The lowest BCUT2D eigenvalue weighted by atomic mass is 10.2. The first-order valence-electron chi connectivity index (χ1n) is 7.97. The van der Waals surface area contributed by atoms with E-state index in [0.717, 1.165) is 44.5 Å². The van der Waals surface area contributed by atoms with E-state index in [1.54, 1.807) is 4.31 Å². The highest BCUT2D eigenvalue weighted by atomic mass is 32.2. The first kappa shape index (κ1) is 17.4. The summed E-state index contributed by atoms with van der Waals surface area (Å²) in [5.74, 6) is 0.0876. The third-order valence-electron chi connectivity index (χ3n) is 4.05. The van der Waals surface area contributed by atoms with Crippen LogP contribution in [-0.2, 0) is 15.8 Å². The highest BCUT2D eigenvalue weighted by Gasteiger charge is 2.26. The predicted molar refractivity (Wildman–Crippen MR) is 88.0 cm³/mol. The molecule has 1 aliphatic heterocycles. The number of unbranched alkanes of at least 4 members (excludes halogenated alkanes) is 2. The van der Waals surface area contributed by atoms with Gasteiger partial charge in [0.15, 0.2) is 0 Å². The van der Waals surface area contributed by atoms with Gasteiger partial charge >= 0.3 is 0 Å². The summed E-state index contributed by atoms with van der Waals surface area (Å²) >= 11 is 0. The smallest absolute Gasteiger partial charge is 0.218 e. The minimum atomic E-state index is -3.22. The lowest BCUT2D eigenvalue weighted by molar-refractivity contribution is 0.183. The molecule has 2 rings (SSSR count). The van der Waals surface area contributed by atoms with E-state index >= 15 is 0 Å². The van der Waals surface area contributed by atoms with Gasteiger partial charge in [0.2, 0.25) is 10.0 Å². The van der Waals surface area contributed by atoms with E-state index < -0.39 is 10.0 Å². The highest BCUT2D eigenvalue weighted by molar-refractivity contribution is 7.88. The third kappa shape index (κ3) is 5.35. The average molecular weight is 326 g/mol. The molecule has 1 heterocycles. The Balaban J connectivity index is 1.78.